The van der Waals surface area contributed by atoms with Crippen molar-refractivity contribution in [3.63, 3.8) is 0 Å². The molecule has 4 heteroatoms. The Labute approximate surface area is 103 Å². The molecule has 0 unspecified atom stereocenters. The van der Waals surface area contributed by atoms with Crippen molar-refractivity contribution in [3.8, 4) is 5.75 Å². The van der Waals surface area contributed by atoms with Gasteiger partial charge in [-0.25, -0.2) is 0 Å². The molecule has 0 amide bonds. The van der Waals surface area contributed by atoms with Crippen molar-refractivity contribution >= 4 is 28.3 Å². The number of phenolic OH excluding ortho intramolecular Hbond substituents is 1. The van der Waals surface area contributed by atoms with Crippen LogP contribution >= 0.6 is 0 Å². The summed E-state index contributed by atoms with van der Waals surface area (Å²) in [7, 11) is 0. The molecule has 0 saturated heterocycles. The molecule has 2 rings (SSSR count). The molecule has 13 heavy (non-hydrogen) atoms. The van der Waals surface area contributed by atoms with Gasteiger partial charge in [-0.15, -0.1) is 0 Å². The van der Waals surface area contributed by atoms with E-state index in [9.17, 15) is 5.11 Å². The number of nitrogens with zero attached hydrogens (tertiary/aromatic N) is 1. The summed E-state index contributed by atoms with van der Waals surface area (Å²) in [6, 6.07) is 9.13. The van der Waals surface area contributed by atoms with Crippen molar-refractivity contribution in [3.05, 3.63) is 36.5 Å². The second-order valence-electron chi connectivity index (χ2n) is 2.35. The maximum Gasteiger partial charge on any atom is 0.187 e. The maximum atomic E-state index is 9.31. The molecule has 71 valence electrons. The fourth-order valence-corrected chi connectivity index (χ4v) is 1.09. The van der Waals surface area contributed by atoms with Gasteiger partial charge in [0.15, 0.2) is 17.4 Å². The molecule has 0 spiro atoms. The van der Waals surface area contributed by atoms with E-state index in [4.69, 9.17) is 0 Å². The first-order valence-corrected chi connectivity index (χ1v) is 3.40. The molecule has 1 radical (unpaired) electrons. The Hall–Kier alpha value is -0.297. The van der Waals surface area contributed by atoms with Gasteiger partial charge >= 0.3 is 0 Å². The van der Waals surface area contributed by atoms with Gasteiger partial charge in [0.2, 0.25) is 0 Å². The average molecular weight is 372 g/mol. The van der Waals surface area contributed by atoms with Crippen LogP contribution < -0.4 is 0 Å². The Morgan fingerprint density at radius 2 is 1.77 bits per heavy atom. The van der Waals surface area contributed by atoms with Crippen LogP contribution in [0, 0.1) is 0 Å². The zero-order valence-corrected chi connectivity index (χ0v) is 8.33. The van der Waals surface area contributed by atoms with Crippen molar-refractivity contribution in [2.75, 3.05) is 0 Å². The Bertz CT molecular complexity index is 389. The monoisotopic (exact) mass is 372 g/mol. The van der Waals surface area contributed by atoms with Crippen LogP contribution in [0.4, 0.5) is 0 Å². The van der Waals surface area contributed by atoms with Crippen LogP contribution in [0.1, 0.15) is 0 Å². The van der Waals surface area contributed by atoms with Gasteiger partial charge in [-0.2, -0.15) is 0 Å². The fourth-order valence-electron chi connectivity index (χ4n) is 1.09. The third-order valence-corrected chi connectivity index (χ3v) is 1.61. The molecule has 0 saturated carbocycles. The number of benzene rings is 1. The standard InChI is InChI=1S/C9H7NO.Al.Au.3H/c11-8-5-1-3-7-4-2-6-10-9(7)8;;;;;/h1-6,11H;;;;;. The summed E-state index contributed by atoms with van der Waals surface area (Å²) in [4.78, 5) is 4.03. The van der Waals surface area contributed by atoms with Gasteiger partial charge in [-0.3, -0.25) is 4.98 Å². The molecule has 2 nitrogen and oxygen atoms in total. The molecule has 0 aliphatic heterocycles. The minimum atomic E-state index is 0. The van der Waals surface area contributed by atoms with Crippen molar-refractivity contribution in [2.45, 2.75) is 0 Å². The first kappa shape index (κ1) is 12.7. The van der Waals surface area contributed by atoms with Crippen molar-refractivity contribution in [2.24, 2.45) is 0 Å². The van der Waals surface area contributed by atoms with Crippen molar-refractivity contribution < 1.29 is 27.5 Å². The number of para-hydroxylation sites is 1. The molecule has 0 aliphatic rings. The summed E-state index contributed by atoms with van der Waals surface area (Å²) in [6.07, 6.45) is 1.67. The van der Waals surface area contributed by atoms with E-state index in [0.717, 1.165) is 5.39 Å². The van der Waals surface area contributed by atoms with Crippen LogP contribution in [0.3, 0.4) is 0 Å². The van der Waals surface area contributed by atoms with E-state index in [0.29, 0.717) is 5.52 Å². The number of pyridine rings is 1. The van der Waals surface area contributed by atoms with Gasteiger partial charge in [0.1, 0.15) is 11.3 Å². The SMILES string of the molecule is Oc1cccc2cccnc12.[AlH3].[Au]. The molecule has 0 bridgehead atoms. The van der Waals surface area contributed by atoms with E-state index in [2.05, 4.69) is 4.98 Å². The van der Waals surface area contributed by atoms with Crippen LogP contribution in [0.5, 0.6) is 5.75 Å². The minimum Gasteiger partial charge on any atom is -0.506 e. The first-order valence-electron chi connectivity index (χ1n) is 3.40. The molecule has 1 aromatic heterocycles. The number of aromatic hydroxyl groups is 1. The van der Waals surface area contributed by atoms with E-state index in [1.807, 2.05) is 18.2 Å². The van der Waals surface area contributed by atoms with Gasteiger partial charge in [0, 0.05) is 34.0 Å². The summed E-state index contributed by atoms with van der Waals surface area (Å²) >= 11 is 0. The minimum absolute atomic E-state index is 0. The molecular formula is C9H10AlAuNO. The van der Waals surface area contributed by atoms with Gasteiger partial charge in [-0.1, -0.05) is 18.2 Å². The number of hydrogen-bond acceptors (Lipinski definition) is 2. The Morgan fingerprint density at radius 1 is 1.08 bits per heavy atom. The normalized spacial score (nSPS) is 8.62. The summed E-state index contributed by atoms with van der Waals surface area (Å²) in [6.45, 7) is 0. The molecule has 0 aliphatic carbocycles. The van der Waals surface area contributed by atoms with Gasteiger partial charge in [0.25, 0.3) is 0 Å². The molecule has 2 aromatic rings. The van der Waals surface area contributed by atoms with Gasteiger partial charge in [0.05, 0.1) is 0 Å². The fraction of sp³-hybridized carbons (Fsp3) is 0. The Balaban J connectivity index is 0.000000720. The van der Waals surface area contributed by atoms with E-state index in [-0.39, 0.29) is 45.5 Å². The largest absolute Gasteiger partial charge is 0.506 e. The van der Waals surface area contributed by atoms with Crippen LogP contribution in [0.2, 0.25) is 0 Å². The van der Waals surface area contributed by atoms with Gasteiger partial charge in [-0.05, 0) is 12.1 Å². The topological polar surface area (TPSA) is 33.1 Å². The number of rotatable bonds is 0. The molecule has 0 fully saturated rings. The Kier molecular flexibility index (Phi) is 5.31. The average Bonchev–Trinajstić information content (AvgIpc) is 2.06. The summed E-state index contributed by atoms with van der Waals surface area (Å²) < 4.78 is 0. The third kappa shape index (κ3) is 2.57. The van der Waals surface area contributed by atoms with E-state index in [1.165, 1.54) is 0 Å². The molecule has 1 N–H and O–H groups in total. The van der Waals surface area contributed by atoms with Crippen LogP contribution in [-0.4, -0.2) is 27.5 Å². The molecule has 1 heterocycles. The quantitative estimate of drug-likeness (QED) is 0.693. The van der Waals surface area contributed by atoms with Crippen molar-refractivity contribution in [1.29, 1.82) is 0 Å². The predicted octanol–water partition coefficient (Wildman–Crippen LogP) is 0.754. The van der Waals surface area contributed by atoms with E-state index < -0.39 is 0 Å². The van der Waals surface area contributed by atoms with Crippen LogP contribution in [-0.2, 0) is 22.4 Å². The molecule has 1 aromatic carbocycles. The summed E-state index contributed by atoms with van der Waals surface area (Å²) in [5.74, 6) is 0.239. The Morgan fingerprint density at radius 3 is 2.46 bits per heavy atom. The van der Waals surface area contributed by atoms with Gasteiger partial charge < -0.3 is 5.11 Å². The number of aromatic nitrogens is 1. The second-order valence-corrected chi connectivity index (χ2v) is 2.35. The number of fused-ring (bicyclic) bond motifs is 1. The van der Waals surface area contributed by atoms with Crippen LogP contribution in [0.15, 0.2) is 36.5 Å². The summed E-state index contributed by atoms with van der Waals surface area (Å²) in [5.41, 5.74) is 0.662. The maximum absolute atomic E-state index is 9.31. The van der Waals surface area contributed by atoms with E-state index in [1.54, 1.807) is 18.3 Å². The zero-order chi connectivity index (χ0) is 7.68. The first-order chi connectivity index (χ1) is 5.38. The van der Waals surface area contributed by atoms with Crippen molar-refractivity contribution in [1.82, 2.24) is 4.98 Å². The zero-order valence-electron chi connectivity index (χ0n) is 6.16. The second kappa shape index (κ2) is 5.44. The number of phenols is 1. The molecular weight excluding hydrogens is 362 g/mol. The molecule has 0 atom stereocenters. The predicted molar refractivity (Wildman–Crippen MR) is 53.3 cm³/mol. The third-order valence-electron chi connectivity index (χ3n) is 1.61. The van der Waals surface area contributed by atoms with E-state index >= 15 is 0 Å². The summed E-state index contributed by atoms with van der Waals surface area (Å²) in [5, 5.41) is 10.3. The number of hydrogen-bond donors (Lipinski definition) is 1. The smallest absolute Gasteiger partial charge is 0.187 e. The van der Waals surface area contributed by atoms with Crippen LogP contribution in [0.25, 0.3) is 10.9 Å².